The fourth-order valence-electron chi connectivity index (χ4n) is 2.70. The molecule has 1 heterocycles. The molecule has 0 aliphatic carbocycles. The molecule has 0 saturated heterocycles. The summed E-state index contributed by atoms with van der Waals surface area (Å²) in [5.74, 6) is 0.316. The van der Waals surface area contributed by atoms with E-state index in [0.29, 0.717) is 16.6 Å². The van der Waals surface area contributed by atoms with Crippen LogP contribution in [0.1, 0.15) is 41.3 Å². The summed E-state index contributed by atoms with van der Waals surface area (Å²) in [6.07, 6.45) is 0. The van der Waals surface area contributed by atoms with Crippen molar-refractivity contribution in [3.8, 4) is 10.6 Å². The molecule has 6 heteroatoms. The molecule has 0 saturated carbocycles. The monoisotopic (exact) mass is 380 g/mol. The van der Waals surface area contributed by atoms with Crippen LogP contribution in [0.5, 0.6) is 0 Å². The van der Waals surface area contributed by atoms with E-state index >= 15 is 0 Å². The van der Waals surface area contributed by atoms with Gasteiger partial charge in [0, 0.05) is 17.7 Å². The van der Waals surface area contributed by atoms with E-state index in [1.807, 2.05) is 50.5 Å². The van der Waals surface area contributed by atoms with Crippen LogP contribution in [0, 0.1) is 0 Å². The maximum atomic E-state index is 12.4. The summed E-state index contributed by atoms with van der Waals surface area (Å²) in [6, 6.07) is 15.9. The highest BCUT2D eigenvalue weighted by Crippen LogP contribution is 2.28. The van der Waals surface area contributed by atoms with Gasteiger partial charge in [0.25, 0.3) is 5.91 Å². The van der Waals surface area contributed by atoms with Gasteiger partial charge in [-0.15, -0.1) is 10.2 Å². The van der Waals surface area contributed by atoms with Crippen molar-refractivity contribution in [3.63, 3.8) is 0 Å². The molecule has 0 aliphatic heterocycles. The first-order valence-corrected chi connectivity index (χ1v) is 9.73. The molecule has 0 radical (unpaired) electrons. The Balaban J connectivity index is 1.67. The molecule has 5 nitrogen and oxygen atoms in total. The number of hydrogen-bond acceptors (Lipinski definition) is 5. The molecular weight excluding hydrogens is 356 g/mol. The number of rotatable bonds is 6. The number of aromatic nitrogens is 2. The molecule has 0 unspecified atom stereocenters. The molecule has 140 valence electrons. The van der Waals surface area contributed by atoms with E-state index in [2.05, 4.69) is 46.4 Å². The van der Waals surface area contributed by atoms with Gasteiger partial charge in [0.05, 0.1) is 0 Å². The summed E-state index contributed by atoms with van der Waals surface area (Å²) in [7, 11) is 4.04. The number of hydrogen-bond donors (Lipinski definition) is 1. The van der Waals surface area contributed by atoms with Crippen molar-refractivity contribution in [1.82, 2.24) is 15.1 Å². The molecule has 27 heavy (non-hydrogen) atoms. The van der Waals surface area contributed by atoms with Crippen LogP contribution in [0.15, 0.2) is 48.5 Å². The molecule has 3 aromatic rings. The Morgan fingerprint density at radius 3 is 2.30 bits per heavy atom. The van der Waals surface area contributed by atoms with Gasteiger partial charge < -0.3 is 4.90 Å². The molecule has 0 aliphatic rings. The minimum Gasteiger partial charge on any atom is -0.305 e. The van der Waals surface area contributed by atoms with Crippen LogP contribution in [0.25, 0.3) is 10.6 Å². The van der Waals surface area contributed by atoms with E-state index in [0.717, 1.165) is 17.1 Å². The van der Waals surface area contributed by atoms with Crippen molar-refractivity contribution < 1.29 is 4.79 Å². The third-order valence-corrected chi connectivity index (χ3v) is 5.07. The number of amides is 1. The predicted octanol–water partition coefficient (Wildman–Crippen LogP) is 4.64. The van der Waals surface area contributed by atoms with Gasteiger partial charge in [-0.2, -0.15) is 0 Å². The standard InChI is InChI=1S/C21H24N4OS/c1-14(2)16-9-11-18(12-10-16)20-23-24-21(27-20)22-19(26)17-7-5-15(6-8-17)13-25(3)4/h5-12,14H,13H2,1-4H3,(H,22,24,26). The molecule has 0 fully saturated rings. The highest BCUT2D eigenvalue weighted by atomic mass is 32.1. The van der Waals surface area contributed by atoms with Gasteiger partial charge in [0.2, 0.25) is 5.13 Å². The molecule has 1 aromatic heterocycles. The molecule has 1 N–H and O–H groups in total. The first-order chi connectivity index (χ1) is 12.9. The molecule has 0 spiro atoms. The quantitative estimate of drug-likeness (QED) is 0.677. The highest BCUT2D eigenvalue weighted by Gasteiger charge is 2.12. The van der Waals surface area contributed by atoms with Crippen molar-refractivity contribution in [2.45, 2.75) is 26.3 Å². The van der Waals surface area contributed by atoms with E-state index in [1.54, 1.807) is 0 Å². The second kappa shape index (κ2) is 8.41. The third-order valence-electron chi connectivity index (χ3n) is 4.18. The van der Waals surface area contributed by atoms with Crippen LogP contribution in [0.2, 0.25) is 0 Å². The van der Waals surface area contributed by atoms with E-state index in [-0.39, 0.29) is 5.91 Å². The lowest BCUT2D eigenvalue weighted by Crippen LogP contribution is -2.13. The Morgan fingerprint density at radius 1 is 1.04 bits per heavy atom. The summed E-state index contributed by atoms with van der Waals surface area (Å²) in [4.78, 5) is 14.5. The summed E-state index contributed by atoms with van der Waals surface area (Å²) in [6.45, 7) is 5.18. The van der Waals surface area contributed by atoms with Gasteiger partial charge in [-0.25, -0.2) is 0 Å². The SMILES string of the molecule is CC(C)c1ccc(-c2nnc(NC(=O)c3ccc(CN(C)C)cc3)s2)cc1. The Bertz CT molecular complexity index is 899. The van der Waals surface area contributed by atoms with Gasteiger partial charge in [-0.3, -0.25) is 10.1 Å². The fraction of sp³-hybridized carbons (Fsp3) is 0.286. The lowest BCUT2D eigenvalue weighted by atomic mass is 10.0. The van der Waals surface area contributed by atoms with E-state index in [4.69, 9.17) is 0 Å². The predicted molar refractivity (Wildman–Crippen MR) is 111 cm³/mol. The largest absolute Gasteiger partial charge is 0.305 e. The number of benzene rings is 2. The van der Waals surface area contributed by atoms with Crippen molar-refractivity contribution in [3.05, 3.63) is 65.2 Å². The number of nitrogens with one attached hydrogen (secondary N) is 1. The Labute approximate surface area is 164 Å². The maximum absolute atomic E-state index is 12.4. The van der Waals surface area contributed by atoms with Crippen LogP contribution in [-0.4, -0.2) is 35.1 Å². The number of nitrogens with zero attached hydrogens (tertiary/aromatic N) is 3. The Hall–Kier alpha value is -2.57. The Morgan fingerprint density at radius 2 is 1.70 bits per heavy atom. The van der Waals surface area contributed by atoms with Crippen LogP contribution in [0.4, 0.5) is 5.13 Å². The summed E-state index contributed by atoms with van der Waals surface area (Å²) >= 11 is 1.37. The molecule has 2 aromatic carbocycles. The summed E-state index contributed by atoms with van der Waals surface area (Å²) < 4.78 is 0. The van der Waals surface area contributed by atoms with E-state index in [9.17, 15) is 4.79 Å². The average molecular weight is 381 g/mol. The zero-order valence-electron chi connectivity index (χ0n) is 16.1. The topological polar surface area (TPSA) is 58.1 Å². The van der Waals surface area contributed by atoms with Gasteiger partial charge >= 0.3 is 0 Å². The van der Waals surface area contributed by atoms with Crippen LogP contribution < -0.4 is 5.32 Å². The lowest BCUT2D eigenvalue weighted by Gasteiger charge is -2.09. The molecule has 0 bridgehead atoms. The zero-order chi connectivity index (χ0) is 19.4. The third kappa shape index (κ3) is 4.99. The maximum Gasteiger partial charge on any atom is 0.257 e. The minimum absolute atomic E-state index is 0.177. The summed E-state index contributed by atoms with van der Waals surface area (Å²) in [5, 5.41) is 12.4. The average Bonchev–Trinajstić information content (AvgIpc) is 3.10. The summed E-state index contributed by atoms with van der Waals surface area (Å²) in [5.41, 5.74) is 4.06. The van der Waals surface area contributed by atoms with Gasteiger partial charge in [-0.05, 0) is 43.3 Å². The van der Waals surface area contributed by atoms with Gasteiger partial charge in [0.15, 0.2) is 0 Å². The van der Waals surface area contributed by atoms with Gasteiger partial charge in [0.1, 0.15) is 5.01 Å². The minimum atomic E-state index is -0.177. The smallest absolute Gasteiger partial charge is 0.257 e. The van der Waals surface area contributed by atoms with Gasteiger partial charge in [-0.1, -0.05) is 61.6 Å². The number of anilines is 1. The number of carbonyl (C=O) groups excluding carboxylic acids is 1. The van der Waals surface area contributed by atoms with Crippen LogP contribution in [-0.2, 0) is 6.54 Å². The number of carbonyl (C=O) groups is 1. The van der Waals surface area contributed by atoms with Crippen molar-refractivity contribution in [2.24, 2.45) is 0 Å². The van der Waals surface area contributed by atoms with Crippen molar-refractivity contribution in [2.75, 3.05) is 19.4 Å². The van der Waals surface area contributed by atoms with Crippen molar-refractivity contribution in [1.29, 1.82) is 0 Å². The highest BCUT2D eigenvalue weighted by molar-refractivity contribution is 7.18. The fourth-order valence-corrected chi connectivity index (χ4v) is 3.44. The first-order valence-electron chi connectivity index (χ1n) is 8.91. The van der Waals surface area contributed by atoms with E-state index in [1.165, 1.54) is 22.5 Å². The van der Waals surface area contributed by atoms with E-state index < -0.39 is 0 Å². The zero-order valence-corrected chi connectivity index (χ0v) is 16.9. The molecular formula is C21H24N4OS. The van der Waals surface area contributed by atoms with Crippen LogP contribution in [0.3, 0.4) is 0 Å². The normalized spacial score (nSPS) is 11.2. The first kappa shape index (κ1) is 19.2. The second-order valence-corrected chi connectivity index (χ2v) is 8.06. The Kier molecular flexibility index (Phi) is 5.98. The van der Waals surface area contributed by atoms with Crippen molar-refractivity contribution >= 4 is 22.4 Å². The molecule has 0 atom stereocenters. The van der Waals surface area contributed by atoms with Crippen LogP contribution >= 0.6 is 11.3 Å². The molecule has 3 rings (SSSR count). The lowest BCUT2D eigenvalue weighted by molar-refractivity contribution is 0.102. The molecule has 1 amide bonds. The second-order valence-electron chi connectivity index (χ2n) is 7.08.